The van der Waals surface area contributed by atoms with Gasteiger partial charge in [-0.1, -0.05) is 12.6 Å². The highest BCUT2D eigenvalue weighted by Gasteiger charge is 2.27. The minimum Gasteiger partial charge on any atom is -0.339 e. The van der Waals surface area contributed by atoms with Crippen molar-refractivity contribution in [3.63, 3.8) is 0 Å². The SMILES string of the molecule is C=CC(=O)N1CCC(C(=O)Nc2cc(C)ccc2-n2cc(C)cn2)CC1. The van der Waals surface area contributed by atoms with E-state index in [2.05, 4.69) is 17.0 Å². The quantitative estimate of drug-likeness (QED) is 0.861. The van der Waals surface area contributed by atoms with E-state index in [1.165, 1.54) is 6.08 Å². The fourth-order valence-electron chi connectivity index (χ4n) is 3.22. The van der Waals surface area contributed by atoms with E-state index in [0.717, 1.165) is 22.5 Å². The number of aromatic nitrogens is 2. The van der Waals surface area contributed by atoms with Crippen LogP contribution in [0.2, 0.25) is 0 Å². The first kappa shape index (κ1) is 17.9. The summed E-state index contributed by atoms with van der Waals surface area (Å²) in [5.41, 5.74) is 3.72. The maximum absolute atomic E-state index is 12.7. The van der Waals surface area contributed by atoms with Crippen LogP contribution >= 0.6 is 0 Å². The van der Waals surface area contributed by atoms with Crippen molar-refractivity contribution in [2.24, 2.45) is 5.92 Å². The summed E-state index contributed by atoms with van der Waals surface area (Å²) < 4.78 is 1.77. The molecule has 0 atom stereocenters. The Hall–Kier alpha value is -2.89. The van der Waals surface area contributed by atoms with E-state index in [4.69, 9.17) is 0 Å². The Morgan fingerprint density at radius 1 is 1.23 bits per heavy atom. The number of piperidine rings is 1. The predicted molar refractivity (Wildman–Crippen MR) is 101 cm³/mol. The highest BCUT2D eigenvalue weighted by molar-refractivity contribution is 5.95. The van der Waals surface area contributed by atoms with Crippen molar-refractivity contribution in [3.05, 3.63) is 54.4 Å². The molecular formula is C20H24N4O2. The van der Waals surface area contributed by atoms with E-state index in [1.807, 2.05) is 38.2 Å². The van der Waals surface area contributed by atoms with Gasteiger partial charge < -0.3 is 10.2 Å². The standard InChI is InChI=1S/C20H24N4O2/c1-4-19(25)23-9-7-16(8-10-23)20(26)22-17-11-14(2)5-6-18(17)24-13-15(3)12-21-24/h4-6,11-13,16H,1,7-10H2,2-3H3,(H,22,26). The van der Waals surface area contributed by atoms with E-state index in [9.17, 15) is 9.59 Å². The lowest BCUT2D eigenvalue weighted by molar-refractivity contribution is -0.130. The molecule has 1 saturated heterocycles. The van der Waals surface area contributed by atoms with Crippen molar-refractivity contribution in [1.82, 2.24) is 14.7 Å². The first-order valence-electron chi connectivity index (χ1n) is 8.82. The molecule has 2 aromatic rings. The summed E-state index contributed by atoms with van der Waals surface area (Å²) in [5.74, 6) is -0.179. The van der Waals surface area contributed by atoms with Crippen LogP contribution in [0.5, 0.6) is 0 Å². The summed E-state index contributed by atoms with van der Waals surface area (Å²) in [6, 6.07) is 5.92. The number of hydrogen-bond donors (Lipinski definition) is 1. The molecule has 2 amide bonds. The maximum atomic E-state index is 12.7. The smallest absolute Gasteiger partial charge is 0.245 e. The number of nitrogens with zero attached hydrogens (tertiary/aromatic N) is 3. The average Bonchev–Trinajstić information content (AvgIpc) is 3.07. The van der Waals surface area contributed by atoms with Crippen LogP contribution in [0.4, 0.5) is 5.69 Å². The molecule has 1 aliphatic rings. The van der Waals surface area contributed by atoms with Gasteiger partial charge in [-0.25, -0.2) is 4.68 Å². The molecule has 0 radical (unpaired) electrons. The zero-order valence-corrected chi connectivity index (χ0v) is 15.2. The van der Waals surface area contributed by atoms with Crippen LogP contribution in [0.1, 0.15) is 24.0 Å². The summed E-state index contributed by atoms with van der Waals surface area (Å²) >= 11 is 0. The first-order chi connectivity index (χ1) is 12.5. The van der Waals surface area contributed by atoms with Gasteiger partial charge in [0.1, 0.15) is 0 Å². The van der Waals surface area contributed by atoms with Gasteiger partial charge in [-0.2, -0.15) is 5.10 Å². The molecule has 0 spiro atoms. The second kappa shape index (κ2) is 7.56. The minimum absolute atomic E-state index is 0.00794. The van der Waals surface area contributed by atoms with Gasteiger partial charge in [-0.3, -0.25) is 9.59 Å². The van der Waals surface area contributed by atoms with E-state index < -0.39 is 0 Å². The van der Waals surface area contributed by atoms with Crippen molar-refractivity contribution in [2.75, 3.05) is 18.4 Å². The van der Waals surface area contributed by atoms with Crippen LogP contribution in [-0.2, 0) is 9.59 Å². The molecule has 26 heavy (non-hydrogen) atoms. The van der Waals surface area contributed by atoms with Crippen molar-refractivity contribution < 1.29 is 9.59 Å². The van der Waals surface area contributed by atoms with E-state index in [1.54, 1.807) is 15.8 Å². The lowest BCUT2D eigenvalue weighted by Crippen LogP contribution is -2.40. The molecule has 3 rings (SSSR count). The van der Waals surface area contributed by atoms with Crippen LogP contribution in [-0.4, -0.2) is 39.6 Å². The third-order valence-electron chi connectivity index (χ3n) is 4.72. The van der Waals surface area contributed by atoms with E-state index in [-0.39, 0.29) is 17.7 Å². The molecule has 1 aromatic carbocycles. The third-order valence-corrected chi connectivity index (χ3v) is 4.72. The maximum Gasteiger partial charge on any atom is 0.245 e. The summed E-state index contributed by atoms with van der Waals surface area (Å²) in [6.07, 6.45) is 6.36. The molecule has 6 nitrogen and oxygen atoms in total. The number of anilines is 1. The highest BCUT2D eigenvalue weighted by atomic mass is 16.2. The van der Waals surface area contributed by atoms with Crippen LogP contribution in [0.3, 0.4) is 0 Å². The van der Waals surface area contributed by atoms with Crippen molar-refractivity contribution in [2.45, 2.75) is 26.7 Å². The molecule has 136 valence electrons. The number of likely N-dealkylation sites (tertiary alicyclic amines) is 1. The highest BCUT2D eigenvalue weighted by Crippen LogP contribution is 2.25. The number of amides is 2. The zero-order chi connectivity index (χ0) is 18.7. The Labute approximate surface area is 153 Å². The van der Waals surface area contributed by atoms with Crippen molar-refractivity contribution in [3.8, 4) is 5.69 Å². The van der Waals surface area contributed by atoms with Crippen LogP contribution in [0.15, 0.2) is 43.2 Å². The largest absolute Gasteiger partial charge is 0.339 e. The van der Waals surface area contributed by atoms with Gasteiger partial charge in [0.2, 0.25) is 11.8 Å². The topological polar surface area (TPSA) is 67.2 Å². The average molecular weight is 352 g/mol. The van der Waals surface area contributed by atoms with Crippen molar-refractivity contribution in [1.29, 1.82) is 0 Å². The molecule has 6 heteroatoms. The van der Waals surface area contributed by atoms with Crippen molar-refractivity contribution >= 4 is 17.5 Å². The normalized spacial score (nSPS) is 14.9. The number of benzene rings is 1. The number of hydrogen-bond acceptors (Lipinski definition) is 3. The second-order valence-electron chi connectivity index (χ2n) is 6.78. The minimum atomic E-state index is -0.100. The number of carbonyl (C=O) groups excluding carboxylic acids is 2. The predicted octanol–water partition coefficient (Wildman–Crippen LogP) is 2.85. The molecule has 1 aromatic heterocycles. The van der Waals surface area contributed by atoms with Crippen LogP contribution in [0, 0.1) is 19.8 Å². The summed E-state index contributed by atoms with van der Waals surface area (Å²) in [5, 5.41) is 7.41. The van der Waals surface area contributed by atoms with Gasteiger partial charge in [0, 0.05) is 25.2 Å². The third kappa shape index (κ3) is 3.85. The Balaban J connectivity index is 1.73. The summed E-state index contributed by atoms with van der Waals surface area (Å²) in [7, 11) is 0. The van der Waals surface area contributed by atoms with E-state index >= 15 is 0 Å². The molecular weight excluding hydrogens is 328 g/mol. The van der Waals surface area contributed by atoms with Gasteiger partial charge in [0.05, 0.1) is 17.6 Å². The molecule has 1 aliphatic heterocycles. The Morgan fingerprint density at radius 2 is 1.96 bits per heavy atom. The Kier molecular flexibility index (Phi) is 5.21. The van der Waals surface area contributed by atoms with Gasteiger partial charge in [0.15, 0.2) is 0 Å². The molecule has 1 fully saturated rings. The van der Waals surface area contributed by atoms with Gasteiger partial charge in [-0.05, 0) is 56.0 Å². The second-order valence-corrected chi connectivity index (χ2v) is 6.78. The summed E-state index contributed by atoms with van der Waals surface area (Å²) in [4.78, 5) is 26.2. The van der Waals surface area contributed by atoms with Crippen LogP contribution < -0.4 is 5.32 Å². The van der Waals surface area contributed by atoms with Crippen LogP contribution in [0.25, 0.3) is 5.69 Å². The Bertz CT molecular complexity index is 832. The number of nitrogens with one attached hydrogen (secondary N) is 1. The fraction of sp³-hybridized carbons (Fsp3) is 0.350. The van der Waals surface area contributed by atoms with Gasteiger partial charge in [0.25, 0.3) is 0 Å². The summed E-state index contributed by atoms with van der Waals surface area (Å²) in [6.45, 7) is 8.66. The van der Waals surface area contributed by atoms with Gasteiger partial charge in [-0.15, -0.1) is 0 Å². The Morgan fingerprint density at radius 3 is 2.58 bits per heavy atom. The zero-order valence-electron chi connectivity index (χ0n) is 15.2. The number of aryl methyl sites for hydroxylation is 2. The molecule has 0 aliphatic carbocycles. The molecule has 0 unspecified atom stereocenters. The first-order valence-corrected chi connectivity index (χ1v) is 8.82. The monoisotopic (exact) mass is 352 g/mol. The molecule has 1 N–H and O–H groups in total. The molecule has 0 saturated carbocycles. The lowest BCUT2D eigenvalue weighted by Gasteiger charge is -2.30. The number of rotatable bonds is 4. The van der Waals surface area contributed by atoms with Gasteiger partial charge >= 0.3 is 0 Å². The lowest BCUT2D eigenvalue weighted by atomic mass is 9.95. The molecule has 0 bridgehead atoms. The molecule has 2 heterocycles. The number of carbonyl (C=O) groups is 2. The fourth-order valence-corrected chi connectivity index (χ4v) is 3.22. The van der Waals surface area contributed by atoms with E-state index in [0.29, 0.717) is 25.9 Å².